The number of amides is 1. The fourth-order valence-corrected chi connectivity index (χ4v) is 3.47. The third-order valence-electron chi connectivity index (χ3n) is 5.20. The van der Waals surface area contributed by atoms with Gasteiger partial charge in [0.25, 0.3) is 0 Å². The summed E-state index contributed by atoms with van der Waals surface area (Å²) in [4.78, 5) is 21.1. The van der Waals surface area contributed by atoms with E-state index in [4.69, 9.17) is 4.74 Å². The number of aromatic nitrogens is 2. The van der Waals surface area contributed by atoms with E-state index in [2.05, 4.69) is 32.7 Å². The summed E-state index contributed by atoms with van der Waals surface area (Å²) in [6.07, 6.45) is 7.51. The summed E-state index contributed by atoms with van der Waals surface area (Å²) in [5, 5.41) is 7.85. The third-order valence-corrected chi connectivity index (χ3v) is 5.20. The van der Waals surface area contributed by atoms with E-state index in [9.17, 15) is 4.79 Å². The molecule has 1 amide bonds. The zero-order valence-corrected chi connectivity index (χ0v) is 15.5. The van der Waals surface area contributed by atoms with Crippen LogP contribution in [0, 0.1) is 5.92 Å². The summed E-state index contributed by atoms with van der Waals surface area (Å²) in [7, 11) is 1.83. The van der Waals surface area contributed by atoms with Gasteiger partial charge in [0.1, 0.15) is 24.0 Å². The molecule has 3 heterocycles. The molecule has 0 spiro atoms. The van der Waals surface area contributed by atoms with E-state index in [0.717, 1.165) is 51.9 Å². The Bertz CT molecular complexity index is 1120. The molecule has 6 heteroatoms. The molecule has 0 saturated heterocycles. The number of hydrogen-bond donors (Lipinski definition) is 2. The smallest absolute Gasteiger partial charge is 0.228 e. The van der Waals surface area contributed by atoms with Crippen molar-refractivity contribution in [3.8, 4) is 0 Å². The number of nitrogens with one attached hydrogen (secondary N) is 2. The molecule has 0 unspecified atom stereocenters. The molecule has 2 aliphatic rings. The number of carbonyl (C=O) groups excluding carboxylic acids is 1. The maximum Gasteiger partial charge on any atom is 0.228 e. The van der Waals surface area contributed by atoms with Crippen LogP contribution in [0.25, 0.3) is 22.6 Å². The van der Waals surface area contributed by atoms with Crippen molar-refractivity contribution in [3.05, 3.63) is 59.4 Å². The van der Waals surface area contributed by atoms with E-state index in [1.165, 1.54) is 0 Å². The van der Waals surface area contributed by atoms with Crippen molar-refractivity contribution in [2.24, 2.45) is 5.92 Å². The second-order valence-corrected chi connectivity index (χ2v) is 7.15. The first-order valence-electron chi connectivity index (χ1n) is 9.43. The van der Waals surface area contributed by atoms with Gasteiger partial charge in [-0.1, -0.05) is 24.3 Å². The van der Waals surface area contributed by atoms with E-state index in [-0.39, 0.29) is 11.8 Å². The molecule has 1 aliphatic heterocycles. The van der Waals surface area contributed by atoms with Crippen molar-refractivity contribution >= 4 is 40.2 Å². The SMILES string of the molecule is CNc1ncc(C2=Cc3ccccc3CO2)c2cc(NC(=O)C3CC3)ncc12. The maximum absolute atomic E-state index is 12.1. The van der Waals surface area contributed by atoms with Crippen molar-refractivity contribution < 1.29 is 9.53 Å². The van der Waals surface area contributed by atoms with Crippen LogP contribution in [0.5, 0.6) is 0 Å². The highest BCUT2D eigenvalue weighted by Crippen LogP contribution is 2.35. The molecule has 3 aromatic rings. The minimum atomic E-state index is 0.0401. The molecule has 1 fully saturated rings. The maximum atomic E-state index is 12.1. The van der Waals surface area contributed by atoms with Crippen LogP contribution in [0.1, 0.15) is 29.5 Å². The van der Waals surface area contributed by atoms with Crippen molar-refractivity contribution in [3.63, 3.8) is 0 Å². The third kappa shape index (κ3) is 2.97. The minimum Gasteiger partial charge on any atom is -0.488 e. The zero-order valence-electron chi connectivity index (χ0n) is 15.5. The van der Waals surface area contributed by atoms with Crippen molar-refractivity contribution in [2.75, 3.05) is 17.7 Å². The number of carbonyl (C=O) groups is 1. The lowest BCUT2D eigenvalue weighted by molar-refractivity contribution is -0.117. The Morgan fingerprint density at radius 2 is 2.00 bits per heavy atom. The molecule has 140 valence electrons. The van der Waals surface area contributed by atoms with E-state index >= 15 is 0 Å². The Morgan fingerprint density at radius 1 is 1.14 bits per heavy atom. The fourth-order valence-electron chi connectivity index (χ4n) is 3.47. The van der Waals surface area contributed by atoms with Crippen LogP contribution in [-0.4, -0.2) is 22.9 Å². The molecule has 1 aromatic carbocycles. The molecule has 0 radical (unpaired) electrons. The Morgan fingerprint density at radius 3 is 2.82 bits per heavy atom. The largest absolute Gasteiger partial charge is 0.488 e. The molecule has 28 heavy (non-hydrogen) atoms. The van der Waals surface area contributed by atoms with Gasteiger partial charge in [-0.2, -0.15) is 0 Å². The Hall–Kier alpha value is -3.41. The Kier molecular flexibility index (Phi) is 3.97. The Labute approximate surface area is 162 Å². The second-order valence-electron chi connectivity index (χ2n) is 7.15. The van der Waals surface area contributed by atoms with Gasteiger partial charge in [-0.15, -0.1) is 0 Å². The molecular formula is C22H20N4O2. The number of nitrogens with zero attached hydrogens (tertiary/aromatic N) is 2. The number of rotatable bonds is 4. The van der Waals surface area contributed by atoms with Crippen LogP contribution >= 0.6 is 0 Å². The molecule has 5 rings (SSSR count). The van der Waals surface area contributed by atoms with Crippen LogP contribution in [0.15, 0.2) is 42.7 Å². The van der Waals surface area contributed by atoms with Crippen molar-refractivity contribution in [1.82, 2.24) is 9.97 Å². The first-order valence-corrected chi connectivity index (χ1v) is 9.43. The quantitative estimate of drug-likeness (QED) is 0.723. The molecule has 2 N–H and O–H groups in total. The van der Waals surface area contributed by atoms with Gasteiger partial charge in [0.05, 0.1) is 0 Å². The zero-order chi connectivity index (χ0) is 19.1. The van der Waals surface area contributed by atoms with Crippen molar-refractivity contribution in [1.29, 1.82) is 0 Å². The lowest BCUT2D eigenvalue weighted by Gasteiger charge is -2.20. The summed E-state index contributed by atoms with van der Waals surface area (Å²) in [6, 6.07) is 10.1. The molecule has 1 saturated carbocycles. The number of pyridine rings is 2. The van der Waals surface area contributed by atoms with Crippen LogP contribution in [0.3, 0.4) is 0 Å². The number of fused-ring (bicyclic) bond motifs is 2. The standard InChI is InChI=1S/C22H20N4O2/c1-23-21-18-11-24-20(26-22(27)13-6-7-13)9-16(18)17(10-25-21)19-8-14-4-2-3-5-15(14)12-28-19/h2-5,8-11,13H,6-7,12H2,1H3,(H,23,25)(H,24,26,27). The van der Waals surface area contributed by atoms with Gasteiger partial charge in [0.2, 0.25) is 5.91 Å². The Balaban J connectivity index is 1.61. The topological polar surface area (TPSA) is 76.1 Å². The molecule has 0 atom stereocenters. The minimum absolute atomic E-state index is 0.0401. The molecular weight excluding hydrogens is 352 g/mol. The first kappa shape index (κ1) is 16.7. The average molecular weight is 372 g/mol. The predicted molar refractivity (Wildman–Crippen MR) is 110 cm³/mol. The van der Waals surface area contributed by atoms with Crippen molar-refractivity contribution in [2.45, 2.75) is 19.4 Å². The summed E-state index contributed by atoms with van der Waals surface area (Å²) in [5.41, 5.74) is 3.19. The number of hydrogen-bond acceptors (Lipinski definition) is 5. The van der Waals surface area contributed by atoms with Crippen LogP contribution in [-0.2, 0) is 16.1 Å². The van der Waals surface area contributed by atoms with Gasteiger partial charge in [0, 0.05) is 41.7 Å². The van der Waals surface area contributed by atoms with Gasteiger partial charge in [-0.25, -0.2) is 9.97 Å². The highest BCUT2D eigenvalue weighted by Gasteiger charge is 2.30. The van der Waals surface area contributed by atoms with E-state index < -0.39 is 0 Å². The van der Waals surface area contributed by atoms with Gasteiger partial charge in [-0.05, 0) is 36.1 Å². The van der Waals surface area contributed by atoms with Crippen LogP contribution in [0.2, 0.25) is 0 Å². The number of benzene rings is 1. The predicted octanol–water partition coefficient (Wildman–Crippen LogP) is 4.05. The summed E-state index contributed by atoms with van der Waals surface area (Å²) in [6.45, 7) is 0.521. The normalized spacial score (nSPS) is 15.4. The summed E-state index contributed by atoms with van der Waals surface area (Å²) >= 11 is 0. The van der Waals surface area contributed by atoms with Gasteiger partial charge in [-0.3, -0.25) is 4.79 Å². The lowest BCUT2D eigenvalue weighted by atomic mass is 10.0. The average Bonchev–Trinajstić information content (AvgIpc) is 3.58. The van der Waals surface area contributed by atoms with Crippen LogP contribution < -0.4 is 10.6 Å². The number of ether oxygens (including phenoxy) is 1. The lowest BCUT2D eigenvalue weighted by Crippen LogP contribution is -2.14. The van der Waals surface area contributed by atoms with Gasteiger partial charge < -0.3 is 15.4 Å². The van der Waals surface area contributed by atoms with Crippen LogP contribution in [0.4, 0.5) is 11.6 Å². The monoisotopic (exact) mass is 372 g/mol. The van der Waals surface area contributed by atoms with E-state index in [1.54, 1.807) is 12.4 Å². The van der Waals surface area contributed by atoms with E-state index in [1.807, 2.05) is 31.3 Å². The molecule has 2 aromatic heterocycles. The van der Waals surface area contributed by atoms with Gasteiger partial charge >= 0.3 is 0 Å². The first-order chi connectivity index (χ1) is 13.7. The van der Waals surface area contributed by atoms with E-state index in [0.29, 0.717) is 12.4 Å². The second kappa shape index (κ2) is 6.64. The highest BCUT2D eigenvalue weighted by atomic mass is 16.5. The fraction of sp³-hybridized carbons (Fsp3) is 0.227. The van der Waals surface area contributed by atoms with Gasteiger partial charge in [0.15, 0.2) is 0 Å². The number of anilines is 2. The summed E-state index contributed by atoms with van der Waals surface area (Å²) < 4.78 is 6.03. The molecule has 0 bridgehead atoms. The molecule has 1 aliphatic carbocycles. The highest BCUT2D eigenvalue weighted by molar-refractivity contribution is 6.03. The summed E-state index contributed by atoms with van der Waals surface area (Å²) in [5.74, 6) is 2.23. The molecule has 6 nitrogen and oxygen atoms in total.